The standard InChI is InChI=1S/C20H34N4O3.HI/c1-21-20(22-9-3-4-10-24-11-15-26-16-12-24)23-18-7-5-8-19(17-18)27-14-6-13-25-2;/h5,7-8,17H,3-4,6,9-16H2,1-2H3,(H2,21,22,23);1H. The lowest BCUT2D eigenvalue weighted by Crippen LogP contribution is -2.37. The van der Waals surface area contributed by atoms with E-state index in [0.717, 1.165) is 69.6 Å². The number of unbranched alkanes of at least 4 members (excludes halogenated alkanes) is 1. The third-order valence-corrected chi connectivity index (χ3v) is 4.38. The molecule has 0 aliphatic carbocycles. The van der Waals surface area contributed by atoms with Crippen LogP contribution in [-0.4, -0.2) is 77.6 Å². The van der Waals surface area contributed by atoms with Gasteiger partial charge in [0.25, 0.3) is 0 Å². The predicted molar refractivity (Wildman–Crippen MR) is 125 cm³/mol. The van der Waals surface area contributed by atoms with Crippen molar-refractivity contribution in [1.29, 1.82) is 0 Å². The van der Waals surface area contributed by atoms with Crippen LogP contribution in [0, 0.1) is 0 Å². The van der Waals surface area contributed by atoms with Crippen molar-refractivity contribution in [3.63, 3.8) is 0 Å². The third-order valence-electron chi connectivity index (χ3n) is 4.38. The average Bonchev–Trinajstić information content (AvgIpc) is 2.71. The van der Waals surface area contributed by atoms with Crippen LogP contribution in [0.25, 0.3) is 0 Å². The van der Waals surface area contributed by atoms with Gasteiger partial charge in [0.15, 0.2) is 5.96 Å². The number of nitrogens with one attached hydrogen (secondary N) is 2. The van der Waals surface area contributed by atoms with Crippen LogP contribution in [0.1, 0.15) is 19.3 Å². The lowest BCUT2D eigenvalue weighted by Gasteiger charge is -2.26. The fourth-order valence-corrected chi connectivity index (χ4v) is 2.86. The largest absolute Gasteiger partial charge is 0.493 e. The number of hydrogen-bond donors (Lipinski definition) is 2. The van der Waals surface area contributed by atoms with Crippen LogP contribution in [0.5, 0.6) is 5.75 Å². The summed E-state index contributed by atoms with van der Waals surface area (Å²) in [6.45, 7) is 7.24. The summed E-state index contributed by atoms with van der Waals surface area (Å²) in [6.07, 6.45) is 3.16. The Morgan fingerprint density at radius 3 is 2.75 bits per heavy atom. The molecule has 7 nitrogen and oxygen atoms in total. The highest BCUT2D eigenvalue weighted by atomic mass is 127. The van der Waals surface area contributed by atoms with Crippen LogP contribution >= 0.6 is 24.0 Å². The van der Waals surface area contributed by atoms with E-state index in [1.807, 2.05) is 24.3 Å². The Labute approximate surface area is 186 Å². The van der Waals surface area contributed by atoms with Crippen LogP contribution in [0.2, 0.25) is 0 Å². The Balaban J connectivity index is 0.00000392. The van der Waals surface area contributed by atoms with Gasteiger partial charge in [-0.05, 0) is 31.5 Å². The summed E-state index contributed by atoms with van der Waals surface area (Å²) >= 11 is 0. The second-order valence-electron chi connectivity index (χ2n) is 6.51. The molecule has 1 aromatic carbocycles. The highest BCUT2D eigenvalue weighted by Crippen LogP contribution is 2.17. The van der Waals surface area contributed by atoms with Gasteiger partial charge in [-0.15, -0.1) is 24.0 Å². The molecule has 160 valence electrons. The summed E-state index contributed by atoms with van der Waals surface area (Å²) in [6, 6.07) is 7.93. The van der Waals surface area contributed by atoms with Crippen LogP contribution in [0.15, 0.2) is 29.3 Å². The molecular weight excluding hydrogens is 471 g/mol. The van der Waals surface area contributed by atoms with Crippen molar-refractivity contribution >= 4 is 35.6 Å². The van der Waals surface area contributed by atoms with E-state index in [-0.39, 0.29) is 24.0 Å². The van der Waals surface area contributed by atoms with Crippen LogP contribution < -0.4 is 15.4 Å². The molecule has 8 heteroatoms. The monoisotopic (exact) mass is 506 g/mol. The maximum Gasteiger partial charge on any atom is 0.195 e. The quantitative estimate of drug-likeness (QED) is 0.208. The van der Waals surface area contributed by atoms with Crippen LogP contribution in [0.3, 0.4) is 0 Å². The van der Waals surface area contributed by atoms with Crippen LogP contribution in [-0.2, 0) is 9.47 Å². The Kier molecular flexibility index (Phi) is 14.1. The van der Waals surface area contributed by atoms with Gasteiger partial charge in [0.1, 0.15) is 5.75 Å². The molecule has 1 fully saturated rings. The first-order valence-corrected chi connectivity index (χ1v) is 9.81. The molecule has 0 radical (unpaired) electrons. The number of morpholine rings is 1. The zero-order chi connectivity index (χ0) is 19.2. The average molecular weight is 506 g/mol. The molecule has 1 aliphatic rings. The van der Waals surface area contributed by atoms with E-state index in [9.17, 15) is 0 Å². The molecule has 0 aromatic heterocycles. The molecule has 28 heavy (non-hydrogen) atoms. The van der Waals surface area contributed by atoms with Gasteiger partial charge >= 0.3 is 0 Å². The number of hydrogen-bond acceptors (Lipinski definition) is 5. The second-order valence-corrected chi connectivity index (χ2v) is 6.51. The number of benzene rings is 1. The van der Waals surface area contributed by atoms with Crippen molar-refractivity contribution < 1.29 is 14.2 Å². The Morgan fingerprint density at radius 1 is 1.18 bits per heavy atom. The number of anilines is 1. The fraction of sp³-hybridized carbons (Fsp3) is 0.650. The maximum atomic E-state index is 5.74. The molecule has 1 aliphatic heterocycles. The minimum atomic E-state index is 0. The zero-order valence-electron chi connectivity index (χ0n) is 17.1. The highest BCUT2D eigenvalue weighted by Gasteiger charge is 2.09. The minimum absolute atomic E-state index is 0. The van der Waals surface area contributed by atoms with E-state index >= 15 is 0 Å². The van der Waals surface area contributed by atoms with Gasteiger partial charge in [0.2, 0.25) is 0 Å². The normalized spacial score (nSPS) is 15.0. The van der Waals surface area contributed by atoms with E-state index in [1.54, 1.807) is 14.2 Å². The second kappa shape index (κ2) is 15.8. The Bertz CT molecular complexity index is 554. The molecule has 1 saturated heterocycles. The number of halogens is 1. The first kappa shape index (κ1) is 24.9. The van der Waals surface area contributed by atoms with Gasteiger partial charge in [-0.1, -0.05) is 6.07 Å². The summed E-state index contributed by atoms with van der Waals surface area (Å²) in [5.74, 6) is 1.62. The molecule has 2 N–H and O–H groups in total. The summed E-state index contributed by atoms with van der Waals surface area (Å²) in [5, 5.41) is 6.69. The lowest BCUT2D eigenvalue weighted by molar-refractivity contribution is 0.0372. The van der Waals surface area contributed by atoms with Gasteiger partial charge in [-0.3, -0.25) is 9.89 Å². The molecule has 1 aromatic rings. The highest BCUT2D eigenvalue weighted by molar-refractivity contribution is 14.0. The van der Waals surface area contributed by atoms with Gasteiger partial charge < -0.3 is 24.8 Å². The van der Waals surface area contributed by atoms with Gasteiger partial charge in [0.05, 0.1) is 19.8 Å². The summed E-state index contributed by atoms with van der Waals surface area (Å²) < 4.78 is 16.2. The molecular formula is C20H35IN4O3. The van der Waals surface area contributed by atoms with Crippen molar-refractivity contribution in [2.24, 2.45) is 4.99 Å². The summed E-state index contributed by atoms with van der Waals surface area (Å²) in [5.41, 5.74) is 0.959. The Morgan fingerprint density at radius 2 is 2.00 bits per heavy atom. The molecule has 2 rings (SSSR count). The molecule has 0 spiro atoms. The third kappa shape index (κ3) is 10.4. The minimum Gasteiger partial charge on any atom is -0.493 e. The Hall–Kier alpha value is -1.10. The van der Waals surface area contributed by atoms with Gasteiger partial charge in [-0.25, -0.2) is 0 Å². The number of aliphatic imine (C=N–C) groups is 1. The van der Waals surface area contributed by atoms with Crippen LogP contribution in [0.4, 0.5) is 5.69 Å². The number of methoxy groups -OCH3 is 1. The van der Waals surface area contributed by atoms with Gasteiger partial charge in [0, 0.05) is 58.6 Å². The summed E-state index contributed by atoms with van der Waals surface area (Å²) in [4.78, 5) is 6.76. The first-order chi connectivity index (χ1) is 13.3. The molecule has 0 unspecified atom stereocenters. The zero-order valence-corrected chi connectivity index (χ0v) is 19.4. The van der Waals surface area contributed by atoms with E-state index in [0.29, 0.717) is 13.2 Å². The van der Waals surface area contributed by atoms with Crippen molar-refractivity contribution in [3.8, 4) is 5.75 Å². The van der Waals surface area contributed by atoms with Crippen molar-refractivity contribution in [3.05, 3.63) is 24.3 Å². The smallest absolute Gasteiger partial charge is 0.195 e. The van der Waals surface area contributed by atoms with Crippen molar-refractivity contribution in [1.82, 2.24) is 10.2 Å². The maximum absolute atomic E-state index is 5.74. The molecule has 0 atom stereocenters. The molecule has 1 heterocycles. The number of ether oxygens (including phenoxy) is 3. The number of rotatable bonds is 11. The number of guanidine groups is 1. The molecule has 0 bridgehead atoms. The first-order valence-electron chi connectivity index (χ1n) is 9.81. The van der Waals surface area contributed by atoms with E-state index < -0.39 is 0 Å². The number of nitrogens with zero attached hydrogens (tertiary/aromatic N) is 2. The van der Waals surface area contributed by atoms with E-state index in [2.05, 4.69) is 20.5 Å². The lowest BCUT2D eigenvalue weighted by atomic mass is 10.2. The van der Waals surface area contributed by atoms with E-state index in [4.69, 9.17) is 14.2 Å². The SMILES string of the molecule is CN=C(NCCCCN1CCOCC1)Nc1cccc(OCCCOC)c1.I. The summed E-state index contributed by atoms with van der Waals surface area (Å²) in [7, 11) is 3.49. The van der Waals surface area contributed by atoms with Crippen molar-refractivity contribution in [2.45, 2.75) is 19.3 Å². The molecule has 0 saturated carbocycles. The van der Waals surface area contributed by atoms with E-state index in [1.165, 1.54) is 6.42 Å². The molecule has 0 amide bonds. The fourth-order valence-electron chi connectivity index (χ4n) is 2.86. The topological polar surface area (TPSA) is 67.4 Å². The van der Waals surface area contributed by atoms with Gasteiger partial charge in [-0.2, -0.15) is 0 Å². The van der Waals surface area contributed by atoms with Crippen molar-refractivity contribution in [2.75, 3.05) is 72.1 Å². The predicted octanol–water partition coefficient (Wildman–Crippen LogP) is 2.82.